The fourth-order valence-corrected chi connectivity index (χ4v) is 3.38. The molecule has 0 saturated heterocycles. The molecule has 0 spiro atoms. The van der Waals surface area contributed by atoms with Gasteiger partial charge in [-0.3, -0.25) is 9.78 Å². The number of nitrogens with zero attached hydrogens (tertiary/aromatic N) is 2. The Morgan fingerprint density at radius 2 is 1.97 bits per heavy atom. The van der Waals surface area contributed by atoms with Crippen molar-refractivity contribution < 1.29 is 23.8 Å². The molecule has 174 valence electrons. The molecule has 0 saturated carbocycles. The van der Waals surface area contributed by atoms with Crippen molar-refractivity contribution in [2.75, 3.05) is 13.2 Å². The van der Waals surface area contributed by atoms with Gasteiger partial charge in [-0.25, -0.2) is 14.2 Å². The van der Waals surface area contributed by atoms with Gasteiger partial charge in [0, 0.05) is 23.7 Å². The summed E-state index contributed by atoms with van der Waals surface area (Å²) in [7, 11) is 0. The Kier molecular flexibility index (Phi) is 7.23. The molecule has 0 aliphatic heterocycles. The van der Waals surface area contributed by atoms with Crippen molar-refractivity contribution in [1.29, 1.82) is 0 Å². The Labute approximate surface area is 191 Å². The maximum atomic E-state index is 14.2. The Morgan fingerprint density at radius 1 is 1.21 bits per heavy atom. The van der Waals surface area contributed by atoms with E-state index in [-0.39, 0.29) is 18.7 Å². The number of alkyl carbamates (subject to hydrolysis) is 1. The van der Waals surface area contributed by atoms with E-state index in [4.69, 9.17) is 4.74 Å². The van der Waals surface area contributed by atoms with Crippen LogP contribution in [0.4, 0.5) is 9.18 Å². The molecule has 2 amide bonds. The third-order valence-corrected chi connectivity index (χ3v) is 4.66. The zero-order chi connectivity index (χ0) is 24.2. The Hall–Kier alpha value is -3.59. The molecule has 1 atom stereocenters. The lowest BCUT2D eigenvalue weighted by atomic mass is 9.94. The molecular weight excluding hydrogens is 427 g/mol. The third-order valence-electron chi connectivity index (χ3n) is 4.66. The van der Waals surface area contributed by atoms with Gasteiger partial charge >= 0.3 is 6.09 Å². The summed E-state index contributed by atoms with van der Waals surface area (Å²) in [6.45, 7) is 6.73. The lowest BCUT2D eigenvalue weighted by Gasteiger charge is -2.24. The first kappa shape index (κ1) is 24.1. The molecule has 3 N–H and O–H groups in total. The lowest BCUT2D eigenvalue weighted by Crippen LogP contribution is -2.35. The zero-order valence-electron chi connectivity index (χ0n) is 19.0. The second-order valence-corrected chi connectivity index (χ2v) is 8.47. The third kappa shape index (κ3) is 5.81. The minimum atomic E-state index is -0.697. The summed E-state index contributed by atoms with van der Waals surface area (Å²) in [6.07, 6.45) is 0.922. The van der Waals surface area contributed by atoms with Crippen LogP contribution in [0.5, 0.6) is 0 Å². The van der Waals surface area contributed by atoms with Crippen LogP contribution in [0.15, 0.2) is 42.6 Å². The molecule has 3 rings (SSSR count). The van der Waals surface area contributed by atoms with Crippen molar-refractivity contribution in [1.82, 2.24) is 20.6 Å². The van der Waals surface area contributed by atoms with Gasteiger partial charge in [-0.15, -0.1) is 0 Å². The van der Waals surface area contributed by atoms with Gasteiger partial charge in [-0.1, -0.05) is 6.07 Å². The summed E-state index contributed by atoms with van der Waals surface area (Å²) in [5, 5.41) is 14.9. The Balaban J connectivity index is 2.24. The highest BCUT2D eigenvalue weighted by Crippen LogP contribution is 2.34. The molecule has 1 unspecified atom stereocenters. The number of aliphatic hydroxyl groups excluding tert-OH is 1. The van der Waals surface area contributed by atoms with Crippen molar-refractivity contribution in [3.05, 3.63) is 59.7 Å². The number of hydrogen-bond acceptors (Lipinski definition) is 6. The van der Waals surface area contributed by atoms with E-state index in [0.717, 1.165) is 0 Å². The van der Waals surface area contributed by atoms with Gasteiger partial charge in [-0.2, -0.15) is 0 Å². The van der Waals surface area contributed by atoms with Gasteiger partial charge in [0.1, 0.15) is 11.4 Å². The van der Waals surface area contributed by atoms with Crippen LogP contribution >= 0.6 is 0 Å². The molecule has 2 heterocycles. The van der Waals surface area contributed by atoms with Crippen LogP contribution in [0, 0.1) is 5.82 Å². The summed E-state index contributed by atoms with van der Waals surface area (Å²) in [5.41, 5.74) is 0.980. The highest BCUT2D eigenvalue weighted by molar-refractivity contribution is 6.11. The van der Waals surface area contributed by atoms with Crippen LogP contribution in [0.3, 0.4) is 0 Å². The monoisotopic (exact) mass is 454 g/mol. The number of carbonyl (C=O) groups is 2. The number of carbonyl (C=O) groups excluding carboxylic acids is 2. The average Bonchev–Trinajstić information content (AvgIpc) is 2.75. The number of pyridine rings is 2. The number of aromatic nitrogens is 2. The molecule has 8 nitrogen and oxygen atoms in total. The van der Waals surface area contributed by atoms with Crippen LogP contribution in [-0.4, -0.2) is 45.8 Å². The fraction of sp³-hybridized carbons (Fsp3) is 0.333. The number of halogens is 1. The molecule has 1 aromatic carbocycles. The van der Waals surface area contributed by atoms with Gasteiger partial charge in [-0.05, 0) is 58.0 Å². The van der Waals surface area contributed by atoms with E-state index in [1.807, 2.05) is 0 Å². The number of hydrogen-bond donors (Lipinski definition) is 3. The first-order chi connectivity index (χ1) is 15.6. The SMILES string of the molecule is CC(NC(=O)OC(C)(C)C)c1nc2ccc(F)cc2c(C(=O)NCCO)c1-c1ccccn1. The van der Waals surface area contributed by atoms with E-state index in [2.05, 4.69) is 20.6 Å². The number of benzene rings is 1. The summed E-state index contributed by atoms with van der Waals surface area (Å²) in [4.78, 5) is 34.7. The zero-order valence-corrected chi connectivity index (χ0v) is 19.0. The van der Waals surface area contributed by atoms with Gasteiger partial charge in [0.25, 0.3) is 5.91 Å². The summed E-state index contributed by atoms with van der Waals surface area (Å²) in [5.74, 6) is -1.05. The molecule has 2 aromatic heterocycles. The van der Waals surface area contributed by atoms with Gasteiger partial charge in [0.15, 0.2) is 0 Å². The second-order valence-electron chi connectivity index (χ2n) is 8.47. The topological polar surface area (TPSA) is 113 Å². The van der Waals surface area contributed by atoms with Crippen molar-refractivity contribution in [2.45, 2.75) is 39.3 Å². The number of nitrogens with one attached hydrogen (secondary N) is 2. The van der Waals surface area contributed by atoms with E-state index in [9.17, 15) is 19.1 Å². The first-order valence-electron chi connectivity index (χ1n) is 10.5. The molecule has 0 radical (unpaired) electrons. The van der Waals surface area contributed by atoms with E-state index in [1.165, 1.54) is 18.2 Å². The van der Waals surface area contributed by atoms with E-state index in [1.54, 1.807) is 52.1 Å². The summed E-state index contributed by atoms with van der Waals surface area (Å²) in [6, 6.07) is 8.47. The van der Waals surface area contributed by atoms with Crippen LogP contribution in [-0.2, 0) is 4.74 Å². The van der Waals surface area contributed by atoms with E-state index >= 15 is 0 Å². The highest BCUT2D eigenvalue weighted by atomic mass is 19.1. The van der Waals surface area contributed by atoms with E-state index in [0.29, 0.717) is 27.9 Å². The lowest BCUT2D eigenvalue weighted by molar-refractivity contribution is 0.0507. The van der Waals surface area contributed by atoms with Gasteiger partial charge in [0.05, 0.1) is 35.1 Å². The summed E-state index contributed by atoms with van der Waals surface area (Å²) < 4.78 is 19.5. The number of fused-ring (bicyclic) bond motifs is 1. The molecule has 0 bridgehead atoms. The molecule has 0 fully saturated rings. The predicted molar refractivity (Wildman–Crippen MR) is 122 cm³/mol. The highest BCUT2D eigenvalue weighted by Gasteiger charge is 2.27. The summed E-state index contributed by atoms with van der Waals surface area (Å²) >= 11 is 0. The smallest absolute Gasteiger partial charge is 0.408 e. The van der Waals surface area contributed by atoms with Crippen molar-refractivity contribution in [2.24, 2.45) is 0 Å². The van der Waals surface area contributed by atoms with Crippen LogP contribution in [0.2, 0.25) is 0 Å². The minimum Gasteiger partial charge on any atom is -0.444 e. The predicted octanol–water partition coefficient (Wildman–Crippen LogP) is 3.74. The van der Waals surface area contributed by atoms with Crippen molar-refractivity contribution >= 4 is 22.9 Å². The van der Waals surface area contributed by atoms with E-state index < -0.39 is 29.5 Å². The van der Waals surface area contributed by atoms with Crippen LogP contribution in [0.1, 0.15) is 49.8 Å². The normalized spacial score (nSPS) is 12.3. The minimum absolute atomic E-state index is 0.0146. The maximum Gasteiger partial charge on any atom is 0.408 e. The number of amides is 2. The van der Waals surface area contributed by atoms with Crippen LogP contribution < -0.4 is 10.6 Å². The molecule has 33 heavy (non-hydrogen) atoms. The molecule has 3 aromatic rings. The first-order valence-corrected chi connectivity index (χ1v) is 10.5. The standard InChI is InChI=1S/C24H27FN4O4/c1-14(28-23(32)33-24(2,3)4)21-20(18-7-5-6-10-26-18)19(22(31)27-11-12-30)16-13-15(25)8-9-17(16)29-21/h5-10,13-14,30H,11-12H2,1-4H3,(H,27,31)(H,28,32). The second kappa shape index (κ2) is 9.91. The van der Waals surface area contributed by atoms with Crippen LogP contribution in [0.25, 0.3) is 22.2 Å². The molecule has 9 heteroatoms. The molecule has 0 aliphatic rings. The largest absolute Gasteiger partial charge is 0.444 e. The fourth-order valence-electron chi connectivity index (χ4n) is 3.38. The quantitative estimate of drug-likeness (QED) is 0.523. The Bertz CT molecular complexity index is 1160. The molecule has 0 aliphatic carbocycles. The maximum absolute atomic E-state index is 14.2. The van der Waals surface area contributed by atoms with Crippen molar-refractivity contribution in [3.8, 4) is 11.3 Å². The van der Waals surface area contributed by atoms with Gasteiger partial charge < -0.3 is 20.5 Å². The van der Waals surface area contributed by atoms with Gasteiger partial charge in [0.2, 0.25) is 0 Å². The average molecular weight is 455 g/mol. The molecular formula is C24H27FN4O4. The van der Waals surface area contributed by atoms with Crippen molar-refractivity contribution in [3.63, 3.8) is 0 Å². The Morgan fingerprint density at radius 3 is 2.61 bits per heavy atom. The number of ether oxygens (including phenoxy) is 1. The number of rotatable bonds is 6. The number of aliphatic hydroxyl groups is 1.